The number of hydrogen-bond acceptors (Lipinski definition) is 5. The van der Waals surface area contributed by atoms with Crippen molar-refractivity contribution in [1.82, 2.24) is 0 Å². The van der Waals surface area contributed by atoms with Gasteiger partial charge in [0.15, 0.2) is 0 Å². The SMILES string of the molecule is CSc1c(N2CCC(C(C)C)CC2)sc(C#N)c1N. The van der Waals surface area contributed by atoms with Crippen LogP contribution in [0.25, 0.3) is 0 Å². The zero-order chi connectivity index (χ0) is 14.0. The fourth-order valence-electron chi connectivity index (χ4n) is 2.67. The number of rotatable bonds is 3. The predicted molar refractivity (Wildman–Crippen MR) is 85.0 cm³/mol. The predicted octanol–water partition coefficient (Wildman–Crippen LogP) is 3.80. The molecule has 0 atom stereocenters. The van der Waals surface area contributed by atoms with Crippen LogP contribution in [0, 0.1) is 23.2 Å². The summed E-state index contributed by atoms with van der Waals surface area (Å²) in [5, 5.41) is 10.3. The second-order valence-electron chi connectivity index (χ2n) is 5.36. The molecule has 0 aromatic carbocycles. The van der Waals surface area contributed by atoms with Crippen LogP contribution in [0.3, 0.4) is 0 Å². The van der Waals surface area contributed by atoms with Gasteiger partial charge < -0.3 is 10.6 Å². The van der Waals surface area contributed by atoms with Gasteiger partial charge in [0, 0.05) is 13.1 Å². The van der Waals surface area contributed by atoms with Gasteiger partial charge in [-0.1, -0.05) is 13.8 Å². The van der Waals surface area contributed by atoms with Crippen molar-refractivity contribution in [1.29, 1.82) is 5.26 Å². The average Bonchev–Trinajstić information content (AvgIpc) is 2.75. The van der Waals surface area contributed by atoms with E-state index >= 15 is 0 Å². The lowest BCUT2D eigenvalue weighted by Gasteiger charge is -2.34. The van der Waals surface area contributed by atoms with Crippen LogP contribution in [0.2, 0.25) is 0 Å². The molecule has 19 heavy (non-hydrogen) atoms. The number of thiophene rings is 1. The van der Waals surface area contributed by atoms with Gasteiger partial charge in [-0.2, -0.15) is 5.26 Å². The highest BCUT2D eigenvalue weighted by atomic mass is 32.2. The van der Waals surface area contributed by atoms with Crippen molar-refractivity contribution in [2.24, 2.45) is 11.8 Å². The summed E-state index contributed by atoms with van der Waals surface area (Å²) < 4.78 is 0. The molecule has 104 valence electrons. The fourth-order valence-corrected chi connectivity index (χ4v) is 4.70. The first kappa shape index (κ1) is 14.5. The molecular formula is C14H21N3S2. The Hall–Kier alpha value is -0.860. The van der Waals surface area contributed by atoms with Crippen molar-refractivity contribution in [3.8, 4) is 6.07 Å². The Balaban J connectivity index is 2.18. The molecule has 1 fully saturated rings. The van der Waals surface area contributed by atoms with Gasteiger partial charge in [-0.3, -0.25) is 0 Å². The Kier molecular flexibility index (Phi) is 4.64. The first-order valence-corrected chi connectivity index (χ1v) is 8.73. The highest BCUT2D eigenvalue weighted by molar-refractivity contribution is 7.99. The molecule has 0 unspecified atom stereocenters. The Morgan fingerprint density at radius 2 is 2.05 bits per heavy atom. The van der Waals surface area contributed by atoms with Gasteiger partial charge in [0.25, 0.3) is 0 Å². The van der Waals surface area contributed by atoms with Crippen LogP contribution in [0.4, 0.5) is 10.7 Å². The molecule has 0 spiro atoms. The van der Waals surface area contributed by atoms with Crippen molar-refractivity contribution in [2.75, 3.05) is 30.0 Å². The third-order valence-electron chi connectivity index (χ3n) is 3.96. The molecule has 3 nitrogen and oxygen atoms in total. The second kappa shape index (κ2) is 6.06. The number of hydrogen-bond donors (Lipinski definition) is 1. The highest BCUT2D eigenvalue weighted by Gasteiger charge is 2.26. The van der Waals surface area contributed by atoms with Crippen LogP contribution < -0.4 is 10.6 Å². The molecule has 2 rings (SSSR count). The minimum Gasteiger partial charge on any atom is -0.396 e. The highest BCUT2D eigenvalue weighted by Crippen LogP contribution is 2.44. The van der Waals surface area contributed by atoms with E-state index in [2.05, 4.69) is 24.8 Å². The van der Waals surface area contributed by atoms with Gasteiger partial charge in [-0.05, 0) is 30.9 Å². The maximum absolute atomic E-state index is 9.12. The average molecular weight is 295 g/mol. The summed E-state index contributed by atoms with van der Waals surface area (Å²) in [6.45, 7) is 6.79. The third kappa shape index (κ3) is 2.85. The third-order valence-corrected chi connectivity index (χ3v) is 6.08. The fraction of sp³-hybridized carbons (Fsp3) is 0.643. The zero-order valence-corrected chi connectivity index (χ0v) is 13.4. The Labute approximate surface area is 123 Å². The standard InChI is InChI=1S/C14H21N3S2/c1-9(2)10-4-6-17(7-5-10)14-13(18-3)12(16)11(8-15)19-14/h9-10H,4-7,16H2,1-3H3. The Morgan fingerprint density at radius 1 is 1.42 bits per heavy atom. The monoisotopic (exact) mass is 295 g/mol. The van der Waals surface area contributed by atoms with Gasteiger partial charge in [0.05, 0.1) is 10.6 Å². The molecular weight excluding hydrogens is 274 g/mol. The summed E-state index contributed by atoms with van der Waals surface area (Å²) in [6, 6.07) is 2.21. The smallest absolute Gasteiger partial charge is 0.131 e. The largest absolute Gasteiger partial charge is 0.396 e. The summed E-state index contributed by atoms with van der Waals surface area (Å²) in [6.07, 6.45) is 4.51. The molecule has 0 radical (unpaired) electrons. The molecule has 1 aromatic rings. The number of nitrogens with two attached hydrogens (primary N) is 1. The molecule has 0 bridgehead atoms. The maximum atomic E-state index is 9.12. The van der Waals surface area contributed by atoms with E-state index in [-0.39, 0.29) is 0 Å². The van der Waals surface area contributed by atoms with Crippen LogP contribution in [0.5, 0.6) is 0 Å². The van der Waals surface area contributed by atoms with Crippen LogP contribution in [-0.2, 0) is 0 Å². The number of nitriles is 1. The number of piperidine rings is 1. The van der Waals surface area contributed by atoms with Crippen molar-refractivity contribution < 1.29 is 0 Å². The van der Waals surface area contributed by atoms with E-state index in [0.717, 1.165) is 29.8 Å². The van der Waals surface area contributed by atoms with Gasteiger partial charge in [-0.25, -0.2) is 0 Å². The minimum atomic E-state index is 0.658. The zero-order valence-electron chi connectivity index (χ0n) is 11.8. The van der Waals surface area contributed by atoms with Gasteiger partial charge >= 0.3 is 0 Å². The Bertz CT molecular complexity index is 480. The molecule has 2 heterocycles. The lowest BCUT2D eigenvalue weighted by atomic mass is 9.87. The van der Waals surface area contributed by atoms with Crippen LogP contribution >= 0.6 is 23.1 Å². The van der Waals surface area contributed by atoms with E-state index in [0.29, 0.717) is 10.6 Å². The van der Waals surface area contributed by atoms with Crippen LogP contribution in [0.15, 0.2) is 4.90 Å². The van der Waals surface area contributed by atoms with E-state index < -0.39 is 0 Å². The molecule has 5 heteroatoms. The summed E-state index contributed by atoms with van der Waals surface area (Å²) >= 11 is 3.20. The molecule has 0 aliphatic carbocycles. The van der Waals surface area contributed by atoms with E-state index in [1.165, 1.54) is 17.8 Å². The van der Waals surface area contributed by atoms with E-state index in [9.17, 15) is 0 Å². The second-order valence-corrected chi connectivity index (χ2v) is 7.18. The van der Waals surface area contributed by atoms with Crippen LogP contribution in [0.1, 0.15) is 31.6 Å². The van der Waals surface area contributed by atoms with Crippen molar-refractivity contribution >= 4 is 33.8 Å². The van der Waals surface area contributed by atoms with Crippen molar-refractivity contribution in [2.45, 2.75) is 31.6 Å². The minimum absolute atomic E-state index is 0.658. The van der Waals surface area contributed by atoms with E-state index in [1.807, 2.05) is 6.26 Å². The summed E-state index contributed by atoms with van der Waals surface area (Å²) in [5.74, 6) is 1.60. The number of nitrogen functional groups attached to an aromatic ring is 1. The summed E-state index contributed by atoms with van der Waals surface area (Å²) in [7, 11) is 0. The van der Waals surface area contributed by atoms with Crippen LogP contribution in [-0.4, -0.2) is 19.3 Å². The molecule has 1 saturated heterocycles. The summed E-state index contributed by atoms with van der Waals surface area (Å²) in [4.78, 5) is 4.15. The van der Waals surface area contributed by atoms with Gasteiger partial charge in [0.2, 0.25) is 0 Å². The number of nitrogens with zero attached hydrogens (tertiary/aromatic N) is 2. The molecule has 0 saturated carbocycles. The van der Waals surface area contributed by atoms with Crippen molar-refractivity contribution in [3.63, 3.8) is 0 Å². The van der Waals surface area contributed by atoms with Gasteiger partial charge in [0.1, 0.15) is 15.9 Å². The summed E-state index contributed by atoms with van der Waals surface area (Å²) in [5.41, 5.74) is 6.72. The number of anilines is 2. The maximum Gasteiger partial charge on any atom is 0.131 e. The lowest BCUT2D eigenvalue weighted by molar-refractivity contribution is 0.311. The van der Waals surface area contributed by atoms with Gasteiger partial charge in [-0.15, -0.1) is 23.1 Å². The van der Waals surface area contributed by atoms with E-state index in [4.69, 9.17) is 11.0 Å². The number of thioether (sulfide) groups is 1. The first-order chi connectivity index (χ1) is 9.08. The normalized spacial score (nSPS) is 16.9. The molecule has 0 amide bonds. The molecule has 1 aliphatic rings. The first-order valence-electron chi connectivity index (χ1n) is 6.69. The lowest BCUT2D eigenvalue weighted by Crippen LogP contribution is -2.34. The van der Waals surface area contributed by atoms with E-state index in [1.54, 1.807) is 23.1 Å². The molecule has 1 aromatic heterocycles. The molecule has 2 N–H and O–H groups in total. The molecule has 1 aliphatic heterocycles. The van der Waals surface area contributed by atoms with Crippen molar-refractivity contribution in [3.05, 3.63) is 4.88 Å². The quantitative estimate of drug-likeness (QED) is 0.862. The topological polar surface area (TPSA) is 53.0 Å². The Morgan fingerprint density at radius 3 is 2.53 bits per heavy atom.